The molecule has 1 aliphatic heterocycles. The van der Waals surface area contributed by atoms with Crippen molar-refractivity contribution in [3.05, 3.63) is 4.77 Å². The molecule has 0 amide bonds. The van der Waals surface area contributed by atoms with Gasteiger partial charge in [-0.2, -0.15) is 0 Å². The predicted molar refractivity (Wildman–Crippen MR) is 68.3 cm³/mol. The fourth-order valence-electron chi connectivity index (χ4n) is 2.18. The molecule has 1 saturated heterocycles. The first-order valence-corrected chi connectivity index (χ1v) is 6.53. The lowest BCUT2D eigenvalue weighted by Gasteiger charge is -2.30. The molecular weight excluding hydrogens is 220 g/mol. The summed E-state index contributed by atoms with van der Waals surface area (Å²) in [7, 11) is 0. The van der Waals surface area contributed by atoms with Gasteiger partial charge in [0.15, 0.2) is 4.77 Å². The van der Waals surface area contributed by atoms with E-state index in [9.17, 15) is 0 Å². The van der Waals surface area contributed by atoms with E-state index in [1.165, 1.54) is 12.8 Å². The van der Waals surface area contributed by atoms with Crippen LogP contribution in [0.4, 0.5) is 5.95 Å². The summed E-state index contributed by atoms with van der Waals surface area (Å²) in [6.07, 6.45) is 3.60. The van der Waals surface area contributed by atoms with Crippen LogP contribution in [-0.4, -0.2) is 27.9 Å². The predicted octanol–water partition coefficient (Wildman–Crippen LogP) is 2.59. The van der Waals surface area contributed by atoms with Crippen molar-refractivity contribution in [1.29, 1.82) is 0 Å². The van der Waals surface area contributed by atoms with E-state index in [4.69, 9.17) is 12.2 Å². The Balaban J connectivity index is 2.17. The lowest BCUT2D eigenvalue weighted by Crippen LogP contribution is -2.34. The minimum atomic E-state index is 0.746. The van der Waals surface area contributed by atoms with Crippen molar-refractivity contribution in [3.8, 4) is 0 Å². The van der Waals surface area contributed by atoms with E-state index >= 15 is 0 Å². The van der Waals surface area contributed by atoms with Gasteiger partial charge in [0.2, 0.25) is 5.95 Å². The van der Waals surface area contributed by atoms with E-state index in [1.54, 1.807) is 0 Å². The van der Waals surface area contributed by atoms with Gasteiger partial charge >= 0.3 is 0 Å². The molecular formula is C11H20N4S. The molecule has 5 heteroatoms. The maximum Gasteiger partial charge on any atom is 0.225 e. The number of nitrogens with one attached hydrogen (secondary N) is 1. The molecule has 1 aromatic heterocycles. The second kappa shape index (κ2) is 4.99. The molecule has 0 aliphatic carbocycles. The number of H-pyrrole nitrogens is 1. The van der Waals surface area contributed by atoms with Crippen molar-refractivity contribution in [3.63, 3.8) is 0 Å². The number of piperidine rings is 1. The van der Waals surface area contributed by atoms with E-state index in [0.29, 0.717) is 0 Å². The van der Waals surface area contributed by atoms with E-state index in [0.717, 1.165) is 42.7 Å². The standard InChI is InChI=1S/C11H20N4S/c1-3-6-15-10(12-13-11(15)16)14-7-4-9(2)5-8-14/h9H,3-8H2,1-2H3,(H,13,16). The van der Waals surface area contributed by atoms with Crippen LogP contribution in [0.1, 0.15) is 33.1 Å². The zero-order chi connectivity index (χ0) is 11.5. The topological polar surface area (TPSA) is 36.9 Å². The van der Waals surface area contributed by atoms with Gasteiger partial charge in [-0.05, 0) is 37.4 Å². The quantitative estimate of drug-likeness (QED) is 0.825. The van der Waals surface area contributed by atoms with Gasteiger partial charge in [0, 0.05) is 19.6 Å². The highest BCUT2D eigenvalue weighted by atomic mass is 32.1. The zero-order valence-electron chi connectivity index (χ0n) is 10.1. The van der Waals surface area contributed by atoms with Gasteiger partial charge in [-0.3, -0.25) is 4.57 Å². The van der Waals surface area contributed by atoms with Crippen LogP contribution in [0, 0.1) is 10.7 Å². The van der Waals surface area contributed by atoms with Crippen LogP contribution in [0.3, 0.4) is 0 Å². The SMILES string of the molecule is CCCn1c(N2CCC(C)CC2)n[nH]c1=S. The first kappa shape index (κ1) is 11.6. The average Bonchev–Trinajstić information content (AvgIpc) is 2.63. The smallest absolute Gasteiger partial charge is 0.225 e. The minimum absolute atomic E-state index is 0.746. The van der Waals surface area contributed by atoms with Gasteiger partial charge in [0.05, 0.1) is 0 Å². The Labute approximate surface area is 102 Å². The monoisotopic (exact) mass is 240 g/mol. The lowest BCUT2D eigenvalue weighted by molar-refractivity contribution is 0.430. The molecule has 16 heavy (non-hydrogen) atoms. The summed E-state index contributed by atoms with van der Waals surface area (Å²) in [5, 5.41) is 7.26. The summed E-state index contributed by atoms with van der Waals surface area (Å²) >= 11 is 5.25. The van der Waals surface area contributed by atoms with Crippen LogP contribution in [0.2, 0.25) is 0 Å². The summed E-state index contributed by atoms with van der Waals surface area (Å²) in [6.45, 7) is 7.64. The third kappa shape index (κ3) is 2.29. The molecule has 1 aromatic rings. The largest absolute Gasteiger partial charge is 0.341 e. The Bertz CT molecular complexity index is 387. The molecule has 0 atom stereocenters. The first-order valence-electron chi connectivity index (χ1n) is 6.12. The minimum Gasteiger partial charge on any atom is -0.341 e. The van der Waals surface area contributed by atoms with E-state index < -0.39 is 0 Å². The molecule has 90 valence electrons. The summed E-state index contributed by atoms with van der Waals surface area (Å²) in [6, 6.07) is 0. The summed E-state index contributed by atoms with van der Waals surface area (Å²) in [5.74, 6) is 1.87. The molecule has 2 heterocycles. The normalized spacial score (nSPS) is 18.0. The van der Waals surface area contributed by atoms with Crippen LogP contribution in [0.5, 0.6) is 0 Å². The zero-order valence-corrected chi connectivity index (χ0v) is 10.9. The molecule has 1 N–H and O–H groups in total. The number of aromatic amines is 1. The van der Waals surface area contributed by atoms with Gasteiger partial charge in [-0.25, -0.2) is 5.10 Å². The highest BCUT2D eigenvalue weighted by molar-refractivity contribution is 7.71. The first-order chi connectivity index (χ1) is 7.72. The molecule has 4 nitrogen and oxygen atoms in total. The molecule has 0 spiro atoms. The molecule has 0 bridgehead atoms. The Morgan fingerprint density at radius 2 is 2.12 bits per heavy atom. The van der Waals surface area contributed by atoms with Gasteiger partial charge < -0.3 is 4.90 Å². The second-order valence-corrected chi connectivity index (χ2v) is 5.04. The summed E-state index contributed by atoms with van der Waals surface area (Å²) < 4.78 is 2.86. The number of anilines is 1. The molecule has 0 unspecified atom stereocenters. The van der Waals surface area contributed by atoms with E-state index in [2.05, 4.69) is 33.5 Å². The van der Waals surface area contributed by atoms with Crippen molar-refractivity contribution in [1.82, 2.24) is 14.8 Å². The fraction of sp³-hybridized carbons (Fsp3) is 0.818. The Hall–Kier alpha value is -0.840. The van der Waals surface area contributed by atoms with E-state index in [1.807, 2.05) is 0 Å². The number of aromatic nitrogens is 3. The van der Waals surface area contributed by atoms with Crippen LogP contribution in [-0.2, 0) is 6.54 Å². The second-order valence-electron chi connectivity index (χ2n) is 4.65. The maximum absolute atomic E-state index is 5.25. The number of hydrogen-bond acceptors (Lipinski definition) is 3. The van der Waals surface area contributed by atoms with Crippen molar-refractivity contribution in [2.24, 2.45) is 5.92 Å². The van der Waals surface area contributed by atoms with Crippen molar-refractivity contribution >= 4 is 18.2 Å². The van der Waals surface area contributed by atoms with Crippen LogP contribution in [0.25, 0.3) is 0 Å². The molecule has 0 saturated carbocycles. The summed E-state index contributed by atoms with van der Waals surface area (Å²) in [5.41, 5.74) is 0. The summed E-state index contributed by atoms with van der Waals surface area (Å²) in [4.78, 5) is 2.35. The highest BCUT2D eigenvalue weighted by Crippen LogP contribution is 2.21. The van der Waals surface area contributed by atoms with Crippen LogP contribution >= 0.6 is 12.2 Å². The Morgan fingerprint density at radius 1 is 1.44 bits per heavy atom. The number of rotatable bonds is 3. The van der Waals surface area contributed by atoms with Crippen LogP contribution in [0.15, 0.2) is 0 Å². The van der Waals surface area contributed by atoms with Gasteiger partial charge in [-0.15, -0.1) is 5.10 Å². The van der Waals surface area contributed by atoms with Crippen LogP contribution < -0.4 is 4.90 Å². The fourth-order valence-corrected chi connectivity index (χ4v) is 2.40. The highest BCUT2D eigenvalue weighted by Gasteiger charge is 2.20. The average molecular weight is 240 g/mol. The van der Waals surface area contributed by atoms with Crippen molar-refractivity contribution in [2.75, 3.05) is 18.0 Å². The molecule has 1 fully saturated rings. The van der Waals surface area contributed by atoms with Crippen molar-refractivity contribution in [2.45, 2.75) is 39.7 Å². The van der Waals surface area contributed by atoms with E-state index in [-0.39, 0.29) is 0 Å². The third-order valence-electron chi connectivity index (χ3n) is 3.25. The number of nitrogens with zero attached hydrogens (tertiary/aromatic N) is 3. The molecule has 0 aromatic carbocycles. The van der Waals surface area contributed by atoms with Gasteiger partial charge in [0.25, 0.3) is 0 Å². The molecule has 0 radical (unpaired) electrons. The maximum atomic E-state index is 5.25. The third-order valence-corrected chi connectivity index (χ3v) is 3.56. The molecule has 2 rings (SSSR count). The lowest BCUT2D eigenvalue weighted by atomic mass is 10.00. The van der Waals surface area contributed by atoms with Gasteiger partial charge in [-0.1, -0.05) is 13.8 Å². The number of hydrogen-bond donors (Lipinski definition) is 1. The molecule has 1 aliphatic rings. The Morgan fingerprint density at radius 3 is 2.75 bits per heavy atom. The Kier molecular flexibility index (Phi) is 3.63. The van der Waals surface area contributed by atoms with Gasteiger partial charge in [0.1, 0.15) is 0 Å². The van der Waals surface area contributed by atoms with Crippen molar-refractivity contribution < 1.29 is 0 Å².